The largest absolute Gasteiger partial charge is 0.516 e. The molecule has 21 heavy (non-hydrogen) atoms. The van der Waals surface area contributed by atoms with Gasteiger partial charge in [-0.3, -0.25) is 0 Å². The van der Waals surface area contributed by atoms with Crippen molar-refractivity contribution in [1.29, 1.82) is 0 Å². The van der Waals surface area contributed by atoms with E-state index in [4.69, 9.17) is 10.2 Å². The number of hydrogen-bond acceptors (Lipinski definition) is 2. The standard InChI is InChI=1S/C19H38O2/c20-18-16-14-12-10-8-6-4-2-1-3-5-7-9-11-13-15-17-19-21/h16,18,20-21H,1-15,17,19H2. The molecule has 0 fully saturated rings. The molecule has 0 spiro atoms. The molecule has 0 rings (SSSR count). The first-order valence-electron chi connectivity index (χ1n) is 9.32. The Balaban J connectivity index is 2.93. The summed E-state index contributed by atoms with van der Waals surface area (Å²) in [6.45, 7) is 0.361. The summed E-state index contributed by atoms with van der Waals surface area (Å²) >= 11 is 0. The molecule has 2 N–H and O–H groups in total. The van der Waals surface area contributed by atoms with Crippen LogP contribution in [0.15, 0.2) is 12.3 Å². The third-order valence-electron chi connectivity index (χ3n) is 4.13. The van der Waals surface area contributed by atoms with Crippen LogP contribution in [0.3, 0.4) is 0 Å². The molecule has 0 saturated carbocycles. The lowest BCUT2D eigenvalue weighted by molar-refractivity contribution is 0.282. The van der Waals surface area contributed by atoms with Crippen molar-refractivity contribution in [3.63, 3.8) is 0 Å². The van der Waals surface area contributed by atoms with Gasteiger partial charge in [0.2, 0.25) is 0 Å². The Morgan fingerprint density at radius 2 is 0.810 bits per heavy atom. The second-order valence-corrected chi connectivity index (χ2v) is 6.20. The summed E-state index contributed by atoms with van der Waals surface area (Å²) in [5.74, 6) is 0. The van der Waals surface area contributed by atoms with E-state index in [9.17, 15) is 0 Å². The third-order valence-corrected chi connectivity index (χ3v) is 4.13. The first kappa shape index (κ1) is 20.5. The average molecular weight is 299 g/mol. The van der Waals surface area contributed by atoms with E-state index in [2.05, 4.69) is 0 Å². The topological polar surface area (TPSA) is 40.5 Å². The zero-order valence-electron chi connectivity index (χ0n) is 14.1. The molecule has 0 saturated heterocycles. The van der Waals surface area contributed by atoms with E-state index in [1.807, 2.05) is 6.08 Å². The van der Waals surface area contributed by atoms with Crippen LogP contribution in [0.25, 0.3) is 0 Å². The predicted molar refractivity (Wildman–Crippen MR) is 92.7 cm³/mol. The Hall–Kier alpha value is -0.500. The zero-order valence-corrected chi connectivity index (χ0v) is 14.1. The summed E-state index contributed by atoms with van der Waals surface area (Å²) in [7, 11) is 0. The van der Waals surface area contributed by atoms with Crippen LogP contribution < -0.4 is 0 Å². The van der Waals surface area contributed by atoms with Crippen LogP contribution in [-0.4, -0.2) is 16.8 Å². The van der Waals surface area contributed by atoms with Crippen LogP contribution in [0.5, 0.6) is 0 Å². The molecule has 0 aliphatic heterocycles. The third kappa shape index (κ3) is 19.5. The lowest BCUT2D eigenvalue weighted by atomic mass is 10.0. The summed E-state index contributed by atoms with van der Waals surface area (Å²) in [5.41, 5.74) is 0. The maximum absolute atomic E-state index is 8.68. The highest BCUT2D eigenvalue weighted by Gasteiger charge is 1.94. The van der Waals surface area contributed by atoms with Crippen molar-refractivity contribution in [2.45, 2.75) is 103 Å². The monoisotopic (exact) mass is 298 g/mol. The van der Waals surface area contributed by atoms with Gasteiger partial charge in [0.15, 0.2) is 0 Å². The van der Waals surface area contributed by atoms with Gasteiger partial charge in [-0.1, -0.05) is 89.5 Å². The second kappa shape index (κ2) is 19.5. The van der Waals surface area contributed by atoms with Gasteiger partial charge in [0.05, 0.1) is 6.26 Å². The fourth-order valence-corrected chi connectivity index (χ4v) is 2.75. The van der Waals surface area contributed by atoms with Crippen molar-refractivity contribution < 1.29 is 10.2 Å². The molecule has 2 nitrogen and oxygen atoms in total. The molecule has 0 aromatic carbocycles. The van der Waals surface area contributed by atoms with E-state index in [1.54, 1.807) is 0 Å². The van der Waals surface area contributed by atoms with Crippen LogP contribution in [-0.2, 0) is 0 Å². The van der Waals surface area contributed by atoms with Crippen LogP contribution in [0.2, 0.25) is 0 Å². The normalized spacial score (nSPS) is 11.5. The number of aliphatic hydroxyl groups is 2. The molecule has 0 bridgehead atoms. The predicted octanol–water partition coefficient (Wildman–Crippen LogP) is 6.29. The van der Waals surface area contributed by atoms with Crippen molar-refractivity contribution in [3.8, 4) is 0 Å². The fraction of sp³-hybridized carbons (Fsp3) is 0.895. The molecule has 0 aliphatic rings. The van der Waals surface area contributed by atoms with E-state index < -0.39 is 0 Å². The summed E-state index contributed by atoms with van der Waals surface area (Å²) in [6.07, 6.45) is 24.0. The minimum absolute atomic E-state index is 0.361. The molecule has 0 aromatic heterocycles. The maximum Gasteiger partial charge on any atom is 0.0751 e. The highest BCUT2D eigenvalue weighted by atomic mass is 16.3. The number of unbranched alkanes of at least 4 members (excludes halogenated alkanes) is 15. The molecular formula is C19H38O2. The molecule has 0 unspecified atom stereocenters. The maximum atomic E-state index is 8.68. The van der Waals surface area contributed by atoms with E-state index in [0.717, 1.165) is 19.1 Å². The molecule has 0 aromatic rings. The Morgan fingerprint density at radius 1 is 0.476 bits per heavy atom. The van der Waals surface area contributed by atoms with Gasteiger partial charge in [0.1, 0.15) is 0 Å². The van der Waals surface area contributed by atoms with Crippen molar-refractivity contribution in [2.75, 3.05) is 6.61 Å². The molecular weight excluding hydrogens is 260 g/mol. The average Bonchev–Trinajstić information content (AvgIpc) is 2.50. The van der Waals surface area contributed by atoms with E-state index in [-0.39, 0.29) is 0 Å². The molecule has 0 heterocycles. The van der Waals surface area contributed by atoms with Gasteiger partial charge in [-0.2, -0.15) is 0 Å². The van der Waals surface area contributed by atoms with Gasteiger partial charge in [0, 0.05) is 6.61 Å². The Morgan fingerprint density at radius 3 is 1.14 bits per heavy atom. The van der Waals surface area contributed by atoms with Gasteiger partial charge in [-0.15, -0.1) is 0 Å². The minimum atomic E-state index is 0.361. The smallest absolute Gasteiger partial charge is 0.0751 e. The minimum Gasteiger partial charge on any atom is -0.516 e. The number of aliphatic hydroxyl groups excluding tert-OH is 2. The number of allylic oxidation sites excluding steroid dienone is 1. The molecule has 0 radical (unpaired) electrons. The van der Waals surface area contributed by atoms with Gasteiger partial charge < -0.3 is 10.2 Å². The zero-order chi connectivity index (χ0) is 15.4. The van der Waals surface area contributed by atoms with Crippen LogP contribution in [0, 0.1) is 0 Å². The summed E-state index contributed by atoms with van der Waals surface area (Å²) in [5, 5.41) is 17.2. The van der Waals surface area contributed by atoms with E-state index in [0.29, 0.717) is 6.61 Å². The Kier molecular flexibility index (Phi) is 19.0. The fourth-order valence-electron chi connectivity index (χ4n) is 2.75. The van der Waals surface area contributed by atoms with Crippen LogP contribution in [0.1, 0.15) is 103 Å². The van der Waals surface area contributed by atoms with E-state index >= 15 is 0 Å². The lowest BCUT2D eigenvalue weighted by Gasteiger charge is -2.03. The van der Waals surface area contributed by atoms with Crippen LogP contribution >= 0.6 is 0 Å². The number of hydrogen-bond donors (Lipinski definition) is 2. The van der Waals surface area contributed by atoms with Gasteiger partial charge >= 0.3 is 0 Å². The highest BCUT2D eigenvalue weighted by molar-refractivity contribution is 4.70. The number of rotatable bonds is 17. The van der Waals surface area contributed by atoms with Gasteiger partial charge in [-0.05, 0) is 19.3 Å². The first-order chi connectivity index (χ1) is 10.4. The molecule has 0 amide bonds. The first-order valence-corrected chi connectivity index (χ1v) is 9.32. The molecule has 0 atom stereocenters. The van der Waals surface area contributed by atoms with Gasteiger partial charge in [-0.25, -0.2) is 0 Å². The molecule has 126 valence electrons. The summed E-state index contributed by atoms with van der Waals surface area (Å²) < 4.78 is 0. The molecule has 0 aliphatic carbocycles. The van der Waals surface area contributed by atoms with Gasteiger partial charge in [0.25, 0.3) is 0 Å². The van der Waals surface area contributed by atoms with Crippen LogP contribution in [0.4, 0.5) is 0 Å². The molecule has 2 heteroatoms. The lowest BCUT2D eigenvalue weighted by Crippen LogP contribution is -1.85. The van der Waals surface area contributed by atoms with Crippen molar-refractivity contribution in [2.24, 2.45) is 0 Å². The van der Waals surface area contributed by atoms with Crippen molar-refractivity contribution in [1.82, 2.24) is 0 Å². The highest BCUT2D eigenvalue weighted by Crippen LogP contribution is 2.13. The Labute approximate surface area is 132 Å². The van der Waals surface area contributed by atoms with Crippen molar-refractivity contribution in [3.05, 3.63) is 12.3 Å². The SMILES string of the molecule is OC=CCCCCCCCCCCCCCCCCCO. The van der Waals surface area contributed by atoms with Crippen molar-refractivity contribution >= 4 is 0 Å². The Bertz CT molecular complexity index is 202. The quantitative estimate of drug-likeness (QED) is 0.244. The summed E-state index contributed by atoms with van der Waals surface area (Å²) in [4.78, 5) is 0. The van der Waals surface area contributed by atoms with E-state index in [1.165, 1.54) is 89.9 Å². The summed E-state index contributed by atoms with van der Waals surface area (Å²) in [6, 6.07) is 0. The second-order valence-electron chi connectivity index (χ2n) is 6.20.